The van der Waals surface area contributed by atoms with E-state index in [1.54, 1.807) is 12.1 Å². The fourth-order valence-corrected chi connectivity index (χ4v) is 1.84. The molecule has 1 aromatic carbocycles. The lowest BCUT2D eigenvalue weighted by molar-refractivity contribution is -0.172. The molecule has 0 saturated heterocycles. The third kappa shape index (κ3) is 3.94. The van der Waals surface area contributed by atoms with Crippen LogP contribution in [0.3, 0.4) is 0 Å². The number of nitrogens with two attached hydrogens (primary N) is 1. The standard InChI is InChI=1S/C13H13F4N3O/c14-9-6-10(18)8-2-1-3-19-11(8)12(9)20-4-5-21-7-13(15,16)17/h1-3,6,20H,4-5,7,18H2. The molecule has 0 spiro atoms. The highest BCUT2D eigenvalue weighted by Crippen LogP contribution is 2.29. The molecular weight excluding hydrogens is 290 g/mol. The molecule has 8 heteroatoms. The summed E-state index contributed by atoms with van der Waals surface area (Å²) in [6, 6.07) is 4.48. The second-order valence-electron chi connectivity index (χ2n) is 4.32. The van der Waals surface area contributed by atoms with E-state index < -0.39 is 18.6 Å². The first kappa shape index (κ1) is 15.3. The Balaban J connectivity index is 2.05. The minimum Gasteiger partial charge on any atom is -0.398 e. The van der Waals surface area contributed by atoms with Crippen LogP contribution in [0.1, 0.15) is 0 Å². The summed E-state index contributed by atoms with van der Waals surface area (Å²) in [5.41, 5.74) is 6.36. The Hall–Kier alpha value is -2.09. The number of nitrogens with one attached hydrogen (secondary N) is 1. The van der Waals surface area contributed by atoms with Crippen molar-refractivity contribution >= 4 is 22.3 Å². The van der Waals surface area contributed by atoms with Gasteiger partial charge in [0.1, 0.15) is 6.61 Å². The zero-order valence-electron chi connectivity index (χ0n) is 10.9. The van der Waals surface area contributed by atoms with Crippen molar-refractivity contribution in [3.05, 3.63) is 30.2 Å². The van der Waals surface area contributed by atoms with Crippen molar-refractivity contribution in [3.8, 4) is 0 Å². The van der Waals surface area contributed by atoms with Crippen LogP contribution in [-0.4, -0.2) is 30.9 Å². The lowest BCUT2D eigenvalue weighted by Crippen LogP contribution is -2.20. The molecule has 21 heavy (non-hydrogen) atoms. The number of alkyl halides is 3. The van der Waals surface area contributed by atoms with E-state index in [0.717, 1.165) is 6.07 Å². The van der Waals surface area contributed by atoms with E-state index in [-0.39, 0.29) is 24.5 Å². The van der Waals surface area contributed by atoms with Crippen LogP contribution < -0.4 is 11.1 Å². The molecule has 114 valence electrons. The third-order valence-electron chi connectivity index (χ3n) is 2.69. The maximum absolute atomic E-state index is 13.9. The molecule has 0 fully saturated rings. The highest BCUT2D eigenvalue weighted by molar-refractivity contribution is 5.98. The molecule has 2 rings (SSSR count). The van der Waals surface area contributed by atoms with E-state index in [4.69, 9.17) is 5.73 Å². The second kappa shape index (κ2) is 6.13. The first-order chi connectivity index (χ1) is 9.88. The van der Waals surface area contributed by atoms with Crippen LogP contribution in [0.2, 0.25) is 0 Å². The molecule has 0 unspecified atom stereocenters. The molecule has 1 heterocycles. The van der Waals surface area contributed by atoms with Crippen molar-refractivity contribution in [2.24, 2.45) is 0 Å². The van der Waals surface area contributed by atoms with Gasteiger partial charge in [-0.25, -0.2) is 4.39 Å². The van der Waals surface area contributed by atoms with Gasteiger partial charge in [-0.2, -0.15) is 13.2 Å². The topological polar surface area (TPSA) is 60.2 Å². The van der Waals surface area contributed by atoms with Crippen LogP contribution in [0.25, 0.3) is 10.9 Å². The lowest BCUT2D eigenvalue weighted by Gasteiger charge is -2.12. The first-order valence-electron chi connectivity index (χ1n) is 6.09. The minimum atomic E-state index is -4.37. The van der Waals surface area contributed by atoms with E-state index in [9.17, 15) is 17.6 Å². The SMILES string of the molecule is Nc1cc(F)c(NCCOCC(F)(F)F)c2ncccc12. The largest absolute Gasteiger partial charge is 0.411 e. The van der Waals surface area contributed by atoms with Crippen LogP contribution in [0.4, 0.5) is 28.9 Å². The van der Waals surface area contributed by atoms with E-state index in [1.165, 1.54) is 6.20 Å². The fourth-order valence-electron chi connectivity index (χ4n) is 1.84. The Labute approximate surface area is 117 Å². The highest BCUT2D eigenvalue weighted by atomic mass is 19.4. The Bertz CT molecular complexity index is 631. The Morgan fingerprint density at radius 1 is 1.33 bits per heavy atom. The number of halogens is 4. The minimum absolute atomic E-state index is 0.0165. The summed E-state index contributed by atoms with van der Waals surface area (Å²) < 4.78 is 54.0. The maximum atomic E-state index is 13.9. The van der Waals surface area contributed by atoms with E-state index >= 15 is 0 Å². The molecule has 0 aliphatic carbocycles. The van der Waals surface area contributed by atoms with Gasteiger partial charge in [0.15, 0.2) is 5.82 Å². The number of hydrogen-bond acceptors (Lipinski definition) is 4. The summed E-state index contributed by atoms with van der Waals surface area (Å²) in [6.07, 6.45) is -2.90. The Kier molecular flexibility index (Phi) is 4.46. The molecule has 2 aromatic rings. The summed E-state index contributed by atoms with van der Waals surface area (Å²) in [6.45, 7) is -1.53. The highest BCUT2D eigenvalue weighted by Gasteiger charge is 2.27. The van der Waals surface area contributed by atoms with Gasteiger partial charge in [-0.3, -0.25) is 4.98 Å². The van der Waals surface area contributed by atoms with Gasteiger partial charge in [-0.1, -0.05) is 0 Å². The molecule has 0 aliphatic heterocycles. The quantitative estimate of drug-likeness (QED) is 0.506. The van der Waals surface area contributed by atoms with Crippen molar-refractivity contribution in [3.63, 3.8) is 0 Å². The number of ether oxygens (including phenoxy) is 1. The molecule has 0 atom stereocenters. The number of aromatic nitrogens is 1. The van der Waals surface area contributed by atoms with Gasteiger partial charge in [-0.05, 0) is 18.2 Å². The number of benzene rings is 1. The van der Waals surface area contributed by atoms with Crippen LogP contribution in [0.5, 0.6) is 0 Å². The Morgan fingerprint density at radius 2 is 2.10 bits per heavy atom. The molecule has 0 amide bonds. The zero-order valence-corrected chi connectivity index (χ0v) is 10.9. The number of rotatable bonds is 5. The van der Waals surface area contributed by atoms with Crippen molar-refractivity contribution < 1.29 is 22.3 Å². The van der Waals surface area contributed by atoms with Gasteiger partial charge >= 0.3 is 6.18 Å². The maximum Gasteiger partial charge on any atom is 0.411 e. The van der Waals surface area contributed by atoms with Gasteiger partial charge in [0.2, 0.25) is 0 Å². The number of nitrogen functional groups attached to an aromatic ring is 1. The molecule has 1 aromatic heterocycles. The van der Waals surface area contributed by atoms with Gasteiger partial charge in [-0.15, -0.1) is 0 Å². The van der Waals surface area contributed by atoms with Gasteiger partial charge < -0.3 is 15.8 Å². The van der Waals surface area contributed by atoms with E-state index in [0.29, 0.717) is 10.9 Å². The molecular formula is C13H13F4N3O. The van der Waals surface area contributed by atoms with Crippen molar-refractivity contribution in [2.75, 3.05) is 30.8 Å². The average molecular weight is 303 g/mol. The van der Waals surface area contributed by atoms with E-state index in [2.05, 4.69) is 15.0 Å². The van der Waals surface area contributed by atoms with Crippen LogP contribution in [0, 0.1) is 5.82 Å². The van der Waals surface area contributed by atoms with Gasteiger partial charge in [0.05, 0.1) is 17.8 Å². The molecule has 0 radical (unpaired) electrons. The number of pyridine rings is 1. The second-order valence-corrected chi connectivity index (χ2v) is 4.32. The number of nitrogens with zero attached hydrogens (tertiary/aromatic N) is 1. The van der Waals surface area contributed by atoms with Crippen LogP contribution in [0.15, 0.2) is 24.4 Å². The lowest BCUT2D eigenvalue weighted by atomic mass is 10.1. The Morgan fingerprint density at radius 3 is 2.81 bits per heavy atom. The smallest absolute Gasteiger partial charge is 0.398 e. The molecule has 3 N–H and O–H groups in total. The van der Waals surface area contributed by atoms with Crippen molar-refractivity contribution in [2.45, 2.75) is 6.18 Å². The van der Waals surface area contributed by atoms with Gasteiger partial charge in [0.25, 0.3) is 0 Å². The van der Waals surface area contributed by atoms with Crippen LogP contribution >= 0.6 is 0 Å². The summed E-state index contributed by atoms with van der Waals surface area (Å²) in [4.78, 5) is 4.04. The van der Waals surface area contributed by atoms with Crippen molar-refractivity contribution in [1.29, 1.82) is 0 Å². The fraction of sp³-hybridized carbons (Fsp3) is 0.308. The number of hydrogen-bond donors (Lipinski definition) is 2. The van der Waals surface area contributed by atoms with E-state index in [1.807, 2.05) is 0 Å². The summed E-state index contributed by atoms with van der Waals surface area (Å²) in [5, 5.41) is 3.25. The first-order valence-corrected chi connectivity index (χ1v) is 6.09. The summed E-state index contributed by atoms with van der Waals surface area (Å²) in [5.74, 6) is -0.616. The van der Waals surface area contributed by atoms with Gasteiger partial charge in [0, 0.05) is 23.8 Å². The molecule has 0 bridgehead atoms. The molecule has 4 nitrogen and oxygen atoms in total. The third-order valence-corrected chi connectivity index (χ3v) is 2.69. The molecule has 0 saturated carbocycles. The number of fused-ring (bicyclic) bond motifs is 1. The van der Waals surface area contributed by atoms with Crippen LogP contribution in [-0.2, 0) is 4.74 Å². The molecule has 0 aliphatic rings. The summed E-state index contributed by atoms with van der Waals surface area (Å²) in [7, 11) is 0. The summed E-state index contributed by atoms with van der Waals surface area (Å²) >= 11 is 0. The predicted molar refractivity (Wildman–Crippen MR) is 71.5 cm³/mol. The zero-order chi connectivity index (χ0) is 15.5. The number of anilines is 2. The average Bonchev–Trinajstić information content (AvgIpc) is 2.40. The normalized spacial score (nSPS) is 11.8. The predicted octanol–water partition coefficient (Wildman–Crippen LogP) is 2.95. The monoisotopic (exact) mass is 303 g/mol. The van der Waals surface area contributed by atoms with Crippen molar-refractivity contribution in [1.82, 2.24) is 4.98 Å².